The van der Waals surface area contributed by atoms with Gasteiger partial charge in [0, 0.05) is 30.5 Å². The van der Waals surface area contributed by atoms with Gasteiger partial charge in [-0.05, 0) is 46.2 Å². The molecule has 2 aromatic heterocycles. The van der Waals surface area contributed by atoms with Crippen LogP contribution in [0.1, 0.15) is 70.0 Å². The molecule has 3 heterocycles. The fourth-order valence-corrected chi connectivity index (χ4v) is 6.66. The predicted octanol–water partition coefficient (Wildman–Crippen LogP) is 4.98. The lowest BCUT2D eigenvalue weighted by molar-refractivity contribution is -0.141. The molecule has 0 bridgehead atoms. The lowest BCUT2D eigenvalue weighted by Crippen LogP contribution is -2.35. The summed E-state index contributed by atoms with van der Waals surface area (Å²) in [5.41, 5.74) is 1.33. The highest BCUT2D eigenvalue weighted by Crippen LogP contribution is 2.51. The number of hydrogen-bond donors (Lipinski definition) is 1. The number of ether oxygens (including phenoxy) is 2. The number of amides is 1. The Bertz CT molecular complexity index is 1410. The van der Waals surface area contributed by atoms with E-state index in [1.807, 2.05) is 6.07 Å². The molecule has 230 valence electrons. The van der Waals surface area contributed by atoms with Crippen LogP contribution in [0.5, 0.6) is 0 Å². The van der Waals surface area contributed by atoms with Crippen LogP contribution in [-0.2, 0) is 23.3 Å². The Kier molecular flexibility index (Phi) is 11.5. The molecule has 4 atom stereocenters. The summed E-state index contributed by atoms with van der Waals surface area (Å²) in [4.78, 5) is 38.0. The summed E-state index contributed by atoms with van der Waals surface area (Å²) in [6, 6.07) is 11.2. The van der Waals surface area contributed by atoms with E-state index < -0.39 is 20.9 Å². The fourth-order valence-electron chi connectivity index (χ4n) is 4.93. The number of rotatable bonds is 14. The largest absolute Gasteiger partial charge is 0.469 e. The number of benzene rings is 1. The van der Waals surface area contributed by atoms with Gasteiger partial charge in [-0.2, -0.15) is 5.26 Å². The maximum Gasteiger partial charge on any atom is 0.305 e. The van der Waals surface area contributed by atoms with E-state index in [9.17, 15) is 9.59 Å². The van der Waals surface area contributed by atoms with Crippen molar-refractivity contribution in [2.45, 2.75) is 83.9 Å². The number of nitrogens with zero attached hydrogens (tertiary/aromatic N) is 6. The summed E-state index contributed by atoms with van der Waals surface area (Å²) in [6.07, 6.45) is 2.83. The van der Waals surface area contributed by atoms with Crippen molar-refractivity contribution in [3.8, 4) is 6.07 Å². The Morgan fingerprint density at radius 2 is 1.93 bits per heavy atom. The molecule has 1 fully saturated rings. The van der Waals surface area contributed by atoms with E-state index in [4.69, 9.17) is 23.8 Å². The van der Waals surface area contributed by atoms with E-state index in [1.165, 1.54) is 13.4 Å². The first-order chi connectivity index (χ1) is 20.7. The first-order valence-corrected chi connectivity index (χ1v) is 15.4. The van der Waals surface area contributed by atoms with Crippen LogP contribution in [0.3, 0.4) is 0 Å². The second kappa shape index (κ2) is 15.3. The third-order valence-corrected chi connectivity index (χ3v) is 8.99. The SMILES string of the molecule is COC(=O)CC[C@@H]1C[C@@H](OP(OCCC#N)N(C(C)C)C(C)C)[C@H](n2cnc3c(NC(=O)c4ccccc4)ncnc32)O1. The first-order valence-electron chi connectivity index (χ1n) is 14.2. The summed E-state index contributed by atoms with van der Waals surface area (Å²) >= 11 is 0. The van der Waals surface area contributed by atoms with E-state index in [1.54, 1.807) is 35.2 Å². The first kappa shape index (κ1) is 32.4. The van der Waals surface area contributed by atoms with Crippen LogP contribution in [0.2, 0.25) is 0 Å². The number of fused-ring (bicyclic) bond motifs is 1. The minimum absolute atomic E-state index is 0.113. The predicted molar refractivity (Wildman–Crippen MR) is 160 cm³/mol. The third-order valence-electron chi connectivity index (χ3n) is 6.83. The second-order valence-corrected chi connectivity index (χ2v) is 12.0. The number of methoxy groups -OCH3 is 1. The summed E-state index contributed by atoms with van der Waals surface area (Å²) in [7, 11) is -0.214. The van der Waals surface area contributed by atoms with Gasteiger partial charge in [-0.25, -0.2) is 19.6 Å². The zero-order valence-electron chi connectivity index (χ0n) is 25.0. The Morgan fingerprint density at radius 1 is 1.19 bits per heavy atom. The van der Waals surface area contributed by atoms with Crippen LogP contribution in [-0.4, -0.2) is 74.1 Å². The Balaban J connectivity index is 1.65. The number of hydrogen-bond acceptors (Lipinski definition) is 11. The molecule has 4 rings (SSSR count). The van der Waals surface area contributed by atoms with Crippen molar-refractivity contribution in [3.05, 3.63) is 48.5 Å². The number of esters is 1. The van der Waals surface area contributed by atoms with Crippen LogP contribution < -0.4 is 5.32 Å². The van der Waals surface area contributed by atoms with E-state index in [-0.39, 0.29) is 55.3 Å². The Labute approximate surface area is 252 Å². The molecule has 3 aromatic rings. The molecule has 1 saturated heterocycles. The van der Waals surface area contributed by atoms with Crippen molar-refractivity contribution in [2.75, 3.05) is 19.0 Å². The highest BCUT2D eigenvalue weighted by Gasteiger charge is 2.42. The van der Waals surface area contributed by atoms with Gasteiger partial charge < -0.3 is 23.8 Å². The number of nitriles is 1. The Morgan fingerprint density at radius 3 is 2.60 bits per heavy atom. The summed E-state index contributed by atoms with van der Waals surface area (Å²) < 4.78 is 28.1. The molecule has 14 heteroatoms. The van der Waals surface area contributed by atoms with Crippen LogP contribution >= 0.6 is 8.53 Å². The average Bonchev–Trinajstić information content (AvgIpc) is 3.60. The number of imidazole rings is 1. The third kappa shape index (κ3) is 8.10. The molecule has 1 aliphatic rings. The average molecular weight is 612 g/mol. The van der Waals surface area contributed by atoms with Gasteiger partial charge in [0.15, 0.2) is 23.2 Å². The fraction of sp³-hybridized carbons (Fsp3) is 0.517. The molecule has 0 saturated carbocycles. The van der Waals surface area contributed by atoms with Crippen molar-refractivity contribution in [2.24, 2.45) is 0 Å². The maximum absolute atomic E-state index is 12.8. The zero-order chi connectivity index (χ0) is 30.9. The van der Waals surface area contributed by atoms with Gasteiger partial charge in [-0.15, -0.1) is 0 Å². The number of anilines is 1. The van der Waals surface area contributed by atoms with E-state index in [0.717, 1.165) is 0 Å². The maximum atomic E-state index is 12.8. The molecule has 1 N–H and O–H groups in total. The summed E-state index contributed by atoms with van der Waals surface area (Å²) in [6.45, 7) is 8.51. The topological polar surface area (TPSA) is 154 Å². The molecular formula is C29H38N7O6P. The van der Waals surface area contributed by atoms with Gasteiger partial charge in [0.1, 0.15) is 12.4 Å². The van der Waals surface area contributed by atoms with Crippen LogP contribution in [0, 0.1) is 11.3 Å². The van der Waals surface area contributed by atoms with E-state index in [0.29, 0.717) is 29.6 Å². The highest BCUT2D eigenvalue weighted by atomic mass is 31.2. The lowest BCUT2D eigenvalue weighted by Gasteiger charge is -2.37. The normalized spacial score (nSPS) is 19.2. The van der Waals surface area contributed by atoms with Gasteiger partial charge in [0.05, 0.1) is 38.6 Å². The minimum Gasteiger partial charge on any atom is -0.469 e. The van der Waals surface area contributed by atoms with E-state index in [2.05, 4.69) is 58.7 Å². The molecule has 1 unspecified atom stereocenters. The Hall–Kier alpha value is -3.53. The minimum atomic E-state index is -1.57. The number of aromatic nitrogens is 4. The zero-order valence-corrected chi connectivity index (χ0v) is 25.9. The van der Waals surface area contributed by atoms with Crippen LogP contribution in [0.25, 0.3) is 11.2 Å². The summed E-state index contributed by atoms with van der Waals surface area (Å²) in [5, 5.41) is 11.9. The van der Waals surface area contributed by atoms with Crippen LogP contribution in [0.15, 0.2) is 43.0 Å². The van der Waals surface area contributed by atoms with Crippen molar-refractivity contribution in [1.29, 1.82) is 5.26 Å². The van der Waals surface area contributed by atoms with Crippen molar-refractivity contribution in [3.63, 3.8) is 0 Å². The standard InChI is InChI=1S/C29H38N7O6P/c1-19(2)36(20(3)4)43(40-15-9-14-30)42-23-16-22(12-13-24(37)39-5)41-29(23)35-18-33-25-26(31-17-32-27(25)35)34-28(38)21-10-7-6-8-11-21/h6-8,10-11,17-20,22-23,29H,9,12-13,15-16H2,1-5H3,(H,31,32,34,38)/t22-,23-,29-,43?/m1/s1. The molecule has 1 amide bonds. The van der Waals surface area contributed by atoms with Crippen LogP contribution in [0.4, 0.5) is 5.82 Å². The van der Waals surface area contributed by atoms with Crippen molar-refractivity contribution < 1.29 is 28.1 Å². The quantitative estimate of drug-likeness (QED) is 0.149. The van der Waals surface area contributed by atoms with Gasteiger partial charge >= 0.3 is 5.97 Å². The molecule has 1 aliphatic heterocycles. The second-order valence-electron chi connectivity index (χ2n) is 10.6. The van der Waals surface area contributed by atoms with Gasteiger partial charge in [0.2, 0.25) is 0 Å². The summed E-state index contributed by atoms with van der Waals surface area (Å²) in [5.74, 6) is -0.376. The highest BCUT2D eigenvalue weighted by molar-refractivity contribution is 7.44. The molecular weight excluding hydrogens is 573 g/mol. The van der Waals surface area contributed by atoms with Gasteiger partial charge in [-0.1, -0.05) is 18.2 Å². The smallest absolute Gasteiger partial charge is 0.305 e. The molecule has 0 aliphatic carbocycles. The lowest BCUT2D eigenvalue weighted by atomic mass is 10.1. The number of carbonyl (C=O) groups is 2. The molecule has 13 nitrogen and oxygen atoms in total. The van der Waals surface area contributed by atoms with E-state index >= 15 is 0 Å². The molecule has 43 heavy (non-hydrogen) atoms. The molecule has 1 aromatic carbocycles. The van der Waals surface area contributed by atoms with Crippen molar-refractivity contribution >= 4 is 37.4 Å². The monoisotopic (exact) mass is 611 g/mol. The molecule has 0 spiro atoms. The number of carbonyl (C=O) groups excluding carboxylic acids is 2. The van der Waals surface area contributed by atoms with Gasteiger partial charge in [0.25, 0.3) is 14.4 Å². The van der Waals surface area contributed by atoms with Gasteiger partial charge in [-0.3, -0.25) is 14.2 Å². The number of nitrogens with one attached hydrogen (secondary N) is 1. The van der Waals surface area contributed by atoms with Crippen molar-refractivity contribution in [1.82, 2.24) is 24.2 Å². The molecule has 0 radical (unpaired) electrons.